The molecule has 1 aromatic rings. The maximum absolute atomic E-state index is 10.8. The fourth-order valence-electron chi connectivity index (χ4n) is 1.18. The zero-order valence-electron chi connectivity index (χ0n) is 10.8. The summed E-state index contributed by atoms with van der Waals surface area (Å²) in [5.74, 6) is 5.45. The van der Waals surface area contributed by atoms with Gasteiger partial charge in [-0.25, -0.2) is 10.8 Å². The normalized spacial score (nSPS) is 10.5. The number of nitro groups is 1. The number of anilines is 1. The molecule has 9 heteroatoms. The third kappa shape index (κ3) is 5.02. The molecule has 0 amide bonds. The molecular weight excluding hydrogens is 254 g/mol. The van der Waals surface area contributed by atoms with Crippen molar-refractivity contribution in [2.75, 3.05) is 25.2 Å². The van der Waals surface area contributed by atoms with E-state index >= 15 is 0 Å². The predicted octanol–water partition coefficient (Wildman–Crippen LogP) is 0.722. The first-order valence-corrected chi connectivity index (χ1v) is 5.73. The molecule has 0 saturated carbocycles. The molecule has 0 radical (unpaired) electrons. The lowest BCUT2D eigenvalue weighted by Crippen LogP contribution is -2.14. The van der Waals surface area contributed by atoms with Gasteiger partial charge in [0.1, 0.15) is 12.8 Å². The molecule has 0 unspecified atom stereocenters. The standard InChI is InChI=1S/C10H17N5O4/c1-7(2)6-18-3-4-19-9-8(15(16)17)5-12-10(13-9)14-11/h5,7H,3-4,6,11H2,1-2H3,(H,12,13,14). The Balaban J connectivity index is 2.57. The van der Waals surface area contributed by atoms with Crippen LogP contribution in [0, 0.1) is 16.0 Å². The van der Waals surface area contributed by atoms with Crippen LogP contribution in [0.3, 0.4) is 0 Å². The average molecular weight is 271 g/mol. The number of ether oxygens (including phenoxy) is 2. The van der Waals surface area contributed by atoms with Gasteiger partial charge in [-0.15, -0.1) is 0 Å². The van der Waals surface area contributed by atoms with Crippen molar-refractivity contribution in [1.82, 2.24) is 9.97 Å². The van der Waals surface area contributed by atoms with E-state index in [1.165, 1.54) is 0 Å². The number of nitrogen functional groups attached to an aromatic ring is 1. The van der Waals surface area contributed by atoms with Gasteiger partial charge in [0.05, 0.1) is 11.5 Å². The Hall–Kier alpha value is -2.00. The Morgan fingerprint density at radius 3 is 2.84 bits per heavy atom. The first-order chi connectivity index (χ1) is 9.04. The summed E-state index contributed by atoms with van der Waals surface area (Å²) < 4.78 is 10.5. The fourth-order valence-corrected chi connectivity index (χ4v) is 1.18. The zero-order valence-corrected chi connectivity index (χ0v) is 10.8. The average Bonchev–Trinajstić information content (AvgIpc) is 2.37. The number of rotatable bonds is 8. The lowest BCUT2D eigenvalue weighted by Gasteiger charge is -2.08. The second-order valence-corrected chi connectivity index (χ2v) is 4.10. The highest BCUT2D eigenvalue weighted by Gasteiger charge is 2.18. The molecule has 1 heterocycles. The summed E-state index contributed by atoms with van der Waals surface area (Å²) in [4.78, 5) is 17.6. The molecule has 0 aliphatic carbocycles. The number of aromatic nitrogens is 2. The summed E-state index contributed by atoms with van der Waals surface area (Å²) in [5, 5.41) is 10.8. The molecule has 0 aliphatic heterocycles. The summed E-state index contributed by atoms with van der Waals surface area (Å²) in [6.45, 7) is 5.13. The lowest BCUT2D eigenvalue weighted by molar-refractivity contribution is -0.386. The molecule has 1 aromatic heterocycles. The van der Waals surface area contributed by atoms with Gasteiger partial charge < -0.3 is 9.47 Å². The molecule has 9 nitrogen and oxygen atoms in total. The first-order valence-electron chi connectivity index (χ1n) is 5.73. The van der Waals surface area contributed by atoms with Gasteiger partial charge in [-0.2, -0.15) is 4.98 Å². The lowest BCUT2D eigenvalue weighted by atomic mass is 10.2. The highest BCUT2D eigenvalue weighted by atomic mass is 16.6. The molecule has 0 aromatic carbocycles. The molecule has 3 N–H and O–H groups in total. The van der Waals surface area contributed by atoms with E-state index in [1.54, 1.807) is 0 Å². The molecule has 1 rings (SSSR count). The Kier molecular flexibility index (Phi) is 5.90. The smallest absolute Gasteiger partial charge is 0.349 e. The molecule has 0 atom stereocenters. The second kappa shape index (κ2) is 7.44. The summed E-state index contributed by atoms with van der Waals surface area (Å²) in [6, 6.07) is 0. The summed E-state index contributed by atoms with van der Waals surface area (Å²) in [5.41, 5.74) is 1.88. The van der Waals surface area contributed by atoms with E-state index in [1.807, 2.05) is 13.8 Å². The number of nitrogens with zero attached hydrogens (tertiary/aromatic N) is 3. The topological polar surface area (TPSA) is 125 Å². The van der Waals surface area contributed by atoms with Gasteiger partial charge in [0.2, 0.25) is 5.95 Å². The Labute approximate surface area is 110 Å². The molecule has 106 valence electrons. The van der Waals surface area contributed by atoms with Gasteiger partial charge in [-0.05, 0) is 5.92 Å². The van der Waals surface area contributed by atoms with Gasteiger partial charge >= 0.3 is 5.69 Å². The zero-order chi connectivity index (χ0) is 14.3. The van der Waals surface area contributed by atoms with Crippen molar-refractivity contribution in [3.8, 4) is 5.88 Å². The van der Waals surface area contributed by atoms with Crippen molar-refractivity contribution in [3.63, 3.8) is 0 Å². The minimum absolute atomic E-state index is 0.0451. The van der Waals surface area contributed by atoms with Crippen LogP contribution < -0.4 is 16.0 Å². The second-order valence-electron chi connectivity index (χ2n) is 4.10. The SMILES string of the molecule is CC(C)COCCOc1nc(NN)ncc1[N+](=O)[O-]. The quantitative estimate of drug-likeness (QED) is 0.306. The summed E-state index contributed by atoms with van der Waals surface area (Å²) >= 11 is 0. The van der Waals surface area contributed by atoms with Gasteiger partial charge in [0.15, 0.2) is 0 Å². The summed E-state index contributed by atoms with van der Waals surface area (Å²) in [7, 11) is 0. The number of hydrogen-bond donors (Lipinski definition) is 2. The predicted molar refractivity (Wildman–Crippen MR) is 67.6 cm³/mol. The molecule has 0 bridgehead atoms. The van der Waals surface area contributed by atoms with E-state index in [0.717, 1.165) is 6.20 Å². The van der Waals surface area contributed by atoms with Crippen molar-refractivity contribution < 1.29 is 14.4 Å². The van der Waals surface area contributed by atoms with Crippen LogP contribution in [0.1, 0.15) is 13.8 Å². The van der Waals surface area contributed by atoms with Crippen LogP contribution in [-0.4, -0.2) is 34.7 Å². The van der Waals surface area contributed by atoms with E-state index in [2.05, 4.69) is 15.4 Å². The van der Waals surface area contributed by atoms with Crippen molar-refractivity contribution in [2.45, 2.75) is 13.8 Å². The van der Waals surface area contributed by atoms with E-state index < -0.39 is 4.92 Å². The highest BCUT2D eigenvalue weighted by molar-refractivity contribution is 5.42. The van der Waals surface area contributed by atoms with Crippen LogP contribution in [0.25, 0.3) is 0 Å². The molecular formula is C10H17N5O4. The Morgan fingerprint density at radius 2 is 2.26 bits per heavy atom. The first kappa shape index (κ1) is 15.1. The van der Waals surface area contributed by atoms with E-state index in [9.17, 15) is 10.1 Å². The van der Waals surface area contributed by atoms with Crippen LogP contribution in [0.4, 0.5) is 11.6 Å². The number of hydrazine groups is 1. The van der Waals surface area contributed by atoms with Crippen LogP contribution in [0.15, 0.2) is 6.20 Å². The van der Waals surface area contributed by atoms with Crippen molar-refractivity contribution in [2.24, 2.45) is 11.8 Å². The fraction of sp³-hybridized carbons (Fsp3) is 0.600. The van der Waals surface area contributed by atoms with Gasteiger partial charge in [0, 0.05) is 6.61 Å². The van der Waals surface area contributed by atoms with Gasteiger partial charge in [-0.3, -0.25) is 15.5 Å². The van der Waals surface area contributed by atoms with Crippen LogP contribution in [-0.2, 0) is 4.74 Å². The number of hydrogen-bond acceptors (Lipinski definition) is 8. The minimum Gasteiger partial charge on any atom is -0.470 e. The number of nitrogens with two attached hydrogens (primary N) is 1. The molecule has 0 aliphatic rings. The Bertz CT molecular complexity index is 426. The maximum atomic E-state index is 10.8. The summed E-state index contributed by atoms with van der Waals surface area (Å²) in [6.07, 6.45) is 1.03. The van der Waals surface area contributed by atoms with Crippen LogP contribution >= 0.6 is 0 Å². The van der Waals surface area contributed by atoms with Crippen molar-refractivity contribution in [1.29, 1.82) is 0 Å². The van der Waals surface area contributed by atoms with Gasteiger partial charge in [-0.1, -0.05) is 13.8 Å². The molecule has 0 saturated heterocycles. The highest BCUT2D eigenvalue weighted by Crippen LogP contribution is 2.23. The molecule has 0 fully saturated rings. The van der Waals surface area contributed by atoms with E-state index in [4.69, 9.17) is 15.3 Å². The van der Waals surface area contributed by atoms with E-state index in [-0.39, 0.29) is 24.1 Å². The molecule has 19 heavy (non-hydrogen) atoms. The van der Waals surface area contributed by atoms with Crippen LogP contribution in [0.2, 0.25) is 0 Å². The third-order valence-electron chi connectivity index (χ3n) is 1.98. The van der Waals surface area contributed by atoms with E-state index in [0.29, 0.717) is 19.1 Å². The Morgan fingerprint density at radius 1 is 1.53 bits per heavy atom. The maximum Gasteiger partial charge on any atom is 0.349 e. The largest absolute Gasteiger partial charge is 0.470 e. The monoisotopic (exact) mass is 271 g/mol. The van der Waals surface area contributed by atoms with Crippen LogP contribution in [0.5, 0.6) is 5.88 Å². The minimum atomic E-state index is -0.620. The molecule has 0 spiro atoms. The van der Waals surface area contributed by atoms with Gasteiger partial charge in [0.25, 0.3) is 5.88 Å². The third-order valence-corrected chi connectivity index (χ3v) is 1.98. The van der Waals surface area contributed by atoms with Crippen molar-refractivity contribution in [3.05, 3.63) is 16.3 Å². The number of nitrogens with one attached hydrogen (secondary N) is 1. The van der Waals surface area contributed by atoms with Crippen molar-refractivity contribution >= 4 is 11.6 Å².